The minimum absolute atomic E-state index is 0.0214. The number of carbonyl (C=O) groups is 2. The number of Topliss-reactive ketones (excluding diaryl/α,β-unsaturated/α-hetero) is 2. The van der Waals surface area contributed by atoms with Crippen LogP contribution in [0.25, 0.3) is 0 Å². The lowest BCUT2D eigenvalue weighted by Crippen LogP contribution is -2.24. The molecule has 12 heavy (non-hydrogen) atoms. The molecule has 1 aliphatic carbocycles. The average molecular weight is 168 g/mol. The maximum absolute atomic E-state index is 10.9. The van der Waals surface area contributed by atoms with Crippen LogP contribution < -0.4 is 0 Å². The molecule has 0 spiro atoms. The highest BCUT2D eigenvalue weighted by Gasteiger charge is 2.21. The second-order valence-electron chi connectivity index (χ2n) is 3.12. The molecule has 0 saturated heterocycles. The first-order valence-electron chi connectivity index (χ1n) is 3.85. The van der Waals surface area contributed by atoms with Gasteiger partial charge in [-0.2, -0.15) is 5.10 Å². The maximum Gasteiger partial charge on any atom is 0.145 e. The van der Waals surface area contributed by atoms with Gasteiger partial charge in [-0.05, 0) is 0 Å². The highest BCUT2D eigenvalue weighted by atomic mass is 16.1. The van der Waals surface area contributed by atoms with Gasteiger partial charge < -0.3 is 5.01 Å². The normalized spacial score (nSPS) is 18.0. The molecule has 1 aliphatic rings. The van der Waals surface area contributed by atoms with Crippen LogP contribution in [0.2, 0.25) is 0 Å². The van der Waals surface area contributed by atoms with Crippen LogP contribution in [-0.2, 0) is 9.59 Å². The van der Waals surface area contributed by atoms with Crippen LogP contribution in [0, 0.1) is 0 Å². The van der Waals surface area contributed by atoms with E-state index in [9.17, 15) is 9.59 Å². The SMILES string of the molecule is CN(C)N=C1CC(=O)CC(=O)C1. The molecular formula is C8H12N2O2. The molecule has 0 atom stereocenters. The Morgan fingerprint density at radius 1 is 1.08 bits per heavy atom. The summed E-state index contributed by atoms with van der Waals surface area (Å²) in [7, 11) is 3.55. The van der Waals surface area contributed by atoms with E-state index in [0.717, 1.165) is 0 Å². The monoisotopic (exact) mass is 168 g/mol. The highest BCUT2D eigenvalue weighted by Crippen LogP contribution is 2.08. The summed E-state index contributed by atoms with van der Waals surface area (Å²) in [6.07, 6.45) is 0.764. The summed E-state index contributed by atoms with van der Waals surface area (Å²) >= 11 is 0. The summed E-state index contributed by atoms with van der Waals surface area (Å²) in [5.41, 5.74) is 0.682. The Morgan fingerprint density at radius 3 is 2.00 bits per heavy atom. The molecule has 0 unspecified atom stereocenters. The van der Waals surface area contributed by atoms with Crippen LogP contribution >= 0.6 is 0 Å². The van der Waals surface area contributed by atoms with Gasteiger partial charge >= 0.3 is 0 Å². The molecule has 4 heteroatoms. The first-order chi connectivity index (χ1) is 5.58. The van der Waals surface area contributed by atoms with Gasteiger partial charge in [-0.3, -0.25) is 9.59 Å². The molecule has 0 N–H and O–H groups in total. The van der Waals surface area contributed by atoms with Gasteiger partial charge in [0.05, 0.1) is 12.1 Å². The zero-order valence-electron chi connectivity index (χ0n) is 7.33. The number of hydrogen-bond donors (Lipinski definition) is 0. The first kappa shape index (κ1) is 8.90. The Morgan fingerprint density at radius 2 is 1.58 bits per heavy atom. The van der Waals surface area contributed by atoms with Crippen molar-refractivity contribution in [3.05, 3.63) is 0 Å². The van der Waals surface area contributed by atoms with Crippen molar-refractivity contribution in [3.8, 4) is 0 Å². The lowest BCUT2D eigenvalue weighted by molar-refractivity contribution is -0.126. The standard InChI is InChI=1S/C8H12N2O2/c1-10(2)9-6-3-7(11)5-8(12)4-6/h3-5H2,1-2H3. The predicted octanol–water partition coefficient (Wildman–Crippen LogP) is 0.226. The van der Waals surface area contributed by atoms with Crippen molar-refractivity contribution in [2.45, 2.75) is 19.3 Å². The van der Waals surface area contributed by atoms with Crippen molar-refractivity contribution in [3.63, 3.8) is 0 Å². The fourth-order valence-corrected chi connectivity index (χ4v) is 1.22. The molecule has 1 saturated carbocycles. The van der Waals surface area contributed by atoms with Crippen molar-refractivity contribution in [2.75, 3.05) is 14.1 Å². The molecule has 1 fully saturated rings. The van der Waals surface area contributed by atoms with Gasteiger partial charge in [-0.15, -0.1) is 0 Å². The summed E-state index contributed by atoms with van der Waals surface area (Å²) in [5.74, 6) is -0.0429. The predicted molar refractivity (Wildman–Crippen MR) is 45.0 cm³/mol. The Balaban J connectivity index is 2.67. The fraction of sp³-hybridized carbons (Fsp3) is 0.625. The third-order valence-corrected chi connectivity index (χ3v) is 1.54. The number of nitrogens with zero attached hydrogens (tertiary/aromatic N) is 2. The molecule has 0 aromatic rings. The highest BCUT2D eigenvalue weighted by molar-refractivity contribution is 6.20. The Bertz CT molecular complexity index is 225. The number of carbonyl (C=O) groups excluding carboxylic acids is 2. The van der Waals surface area contributed by atoms with E-state index < -0.39 is 0 Å². The topological polar surface area (TPSA) is 49.7 Å². The number of hydrogen-bond acceptors (Lipinski definition) is 4. The average Bonchev–Trinajstić information content (AvgIpc) is 1.81. The molecule has 4 nitrogen and oxygen atoms in total. The van der Waals surface area contributed by atoms with Crippen LogP contribution in [0.5, 0.6) is 0 Å². The van der Waals surface area contributed by atoms with Gasteiger partial charge in [0.15, 0.2) is 0 Å². The van der Waals surface area contributed by atoms with Gasteiger partial charge in [0.25, 0.3) is 0 Å². The Kier molecular flexibility index (Phi) is 2.58. The molecule has 0 radical (unpaired) electrons. The van der Waals surface area contributed by atoms with E-state index in [1.54, 1.807) is 19.1 Å². The third-order valence-electron chi connectivity index (χ3n) is 1.54. The second-order valence-corrected chi connectivity index (χ2v) is 3.12. The largest absolute Gasteiger partial charge is 0.303 e. The lowest BCUT2D eigenvalue weighted by atomic mass is 9.96. The number of rotatable bonds is 1. The summed E-state index contributed by atoms with van der Waals surface area (Å²) < 4.78 is 0. The summed E-state index contributed by atoms with van der Waals surface area (Å²) in [5, 5.41) is 5.66. The molecule has 0 aromatic carbocycles. The van der Waals surface area contributed by atoms with Crippen LogP contribution in [-0.4, -0.2) is 36.4 Å². The van der Waals surface area contributed by atoms with Gasteiger partial charge in [0.2, 0.25) is 0 Å². The van der Waals surface area contributed by atoms with Gasteiger partial charge in [-0.25, -0.2) is 0 Å². The molecule has 0 heterocycles. The van der Waals surface area contributed by atoms with E-state index in [1.807, 2.05) is 0 Å². The van der Waals surface area contributed by atoms with Crippen molar-refractivity contribution >= 4 is 17.3 Å². The third kappa shape index (κ3) is 2.45. The Labute approximate surface area is 71.2 Å². The molecule has 0 aliphatic heterocycles. The van der Waals surface area contributed by atoms with Gasteiger partial charge in [0.1, 0.15) is 11.6 Å². The van der Waals surface area contributed by atoms with E-state index in [1.165, 1.54) is 0 Å². The van der Waals surface area contributed by atoms with E-state index >= 15 is 0 Å². The van der Waals surface area contributed by atoms with Crippen molar-refractivity contribution < 1.29 is 9.59 Å². The second kappa shape index (κ2) is 3.47. The number of ketones is 2. The summed E-state index contributed by atoms with van der Waals surface area (Å²) in [6, 6.07) is 0. The smallest absolute Gasteiger partial charge is 0.145 e. The van der Waals surface area contributed by atoms with Crippen molar-refractivity contribution in [1.82, 2.24) is 5.01 Å². The minimum Gasteiger partial charge on any atom is -0.303 e. The van der Waals surface area contributed by atoms with Crippen LogP contribution in [0.15, 0.2) is 5.10 Å². The van der Waals surface area contributed by atoms with Crippen molar-refractivity contribution in [2.24, 2.45) is 5.10 Å². The maximum atomic E-state index is 10.9. The van der Waals surface area contributed by atoms with Gasteiger partial charge in [-0.1, -0.05) is 0 Å². The molecule has 0 aromatic heterocycles. The van der Waals surface area contributed by atoms with E-state index in [2.05, 4.69) is 5.10 Å². The summed E-state index contributed by atoms with van der Waals surface area (Å²) in [4.78, 5) is 21.9. The van der Waals surface area contributed by atoms with E-state index in [4.69, 9.17) is 0 Å². The molecule has 0 bridgehead atoms. The molecule has 66 valence electrons. The fourth-order valence-electron chi connectivity index (χ4n) is 1.22. The van der Waals surface area contributed by atoms with Crippen LogP contribution in [0.4, 0.5) is 0 Å². The van der Waals surface area contributed by atoms with Crippen LogP contribution in [0.1, 0.15) is 19.3 Å². The Hall–Kier alpha value is -1.19. The molecule has 1 rings (SSSR count). The zero-order chi connectivity index (χ0) is 9.14. The molecule has 0 amide bonds. The molecular weight excluding hydrogens is 156 g/mol. The van der Waals surface area contributed by atoms with Crippen molar-refractivity contribution in [1.29, 1.82) is 0 Å². The first-order valence-corrected chi connectivity index (χ1v) is 3.85. The lowest BCUT2D eigenvalue weighted by Gasteiger charge is -2.13. The zero-order valence-corrected chi connectivity index (χ0v) is 7.33. The van der Waals surface area contributed by atoms with Crippen LogP contribution in [0.3, 0.4) is 0 Å². The van der Waals surface area contributed by atoms with E-state index in [-0.39, 0.29) is 18.0 Å². The quantitative estimate of drug-likeness (QED) is 0.416. The summed E-state index contributed by atoms with van der Waals surface area (Å²) in [6.45, 7) is 0. The number of hydrazone groups is 1. The minimum atomic E-state index is -0.0214. The van der Waals surface area contributed by atoms with E-state index in [0.29, 0.717) is 18.6 Å². The van der Waals surface area contributed by atoms with Gasteiger partial charge in [0, 0.05) is 26.9 Å².